The fraction of sp³-hybridized carbons (Fsp3) is 0.579. The summed E-state index contributed by atoms with van der Waals surface area (Å²) in [6.45, 7) is 4.23. The van der Waals surface area contributed by atoms with Gasteiger partial charge in [-0.15, -0.1) is 0 Å². The van der Waals surface area contributed by atoms with E-state index in [-0.39, 0.29) is 42.4 Å². The van der Waals surface area contributed by atoms with Crippen LogP contribution < -0.4 is 61.7 Å². The number of aliphatic carboxylic acids is 5. The number of nitrogens with zero attached hydrogens (tertiary/aromatic N) is 1. The molecule has 67 heavy (non-hydrogen) atoms. The predicted molar refractivity (Wildman–Crippen MR) is 242 cm³/mol. The van der Waals surface area contributed by atoms with E-state index in [2.05, 4.69) is 33.4 Å². The van der Waals surface area contributed by atoms with Gasteiger partial charge >= 0.3 is 53.7 Å². The number of esters is 4. The number of guanidine groups is 1. The third-order valence-electron chi connectivity index (χ3n) is 8.37. The van der Waals surface area contributed by atoms with Crippen molar-refractivity contribution in [3.8, 4) is 5.75 Å². The first-order valence-electron chi connectivity index (χ1n) is 20.1. The van der Waals surface area contributed by atoms with Crippen molar-refractivity contribution in [2.75, 3.05) is 32.0 Å². The first-order valence-corrected chi connectivity index (χ1v) is 20.8. The summed E-state index contributed by atoms with van der Waals surface area (Å²) in [5.74, 6) is -8.07. The topological polar surface area (TPSA) is 541 Å². The fourth-order valence-corrected chi connectivity index (χ4v) is 4.33. The van der Waals surface area contributed by atoms with Crippen molar-refractivity contribution in [2.24, 2.45) is 62.5 Å². The zero-order valence-electron chi connectivity index (χ0n) is 37.1. The van der Waals surface area contributed by atoms with Crippen LogP contribution in [0.5, 0.6) is 5.75 Å². The number of benzene rings is 1. The van der Waals surface area contributed by atoms with Gasteiger partial charge in [0.05, 0.1) is 13.0 Å². The molecule has 1 aromatic carbocycles. The van der Waals surface area contributed by atoms with Gasteiger partial charge in [-0.05, 0) is 62.3 Å². The minimum atomic E-state index is -1.29. The van der Waals surface area contributed by atoms with E-state index < -0.39 is 103 Å². The Hall–Kier alpha value is -6.05. The molecule has 0 amide bonds. The molecule has 1 saturated heterocycles. The lowest BCUT2D eigenvalue weighted by Crippen LogP contribution is -2.43. The molecule has 1 heterocycles. The molecule has 0 aromatic heterocycles. The van der Waals surface area contributed by atoms with Gasteiger partial charge in [-0.2, -0.15) is 12.6 Å². The Kier molecular flexibility index (Phi) is 36.1. The molecule has 0 saturated carbocycles. The van der Waals surface area contributed by atoms with E-state index in [1.807, 2.05) is 13.8 Å². The van der Waals surface area contributed by atoms with Crippen LogP contribution in [0, 0.1) is 5.92 Å². The van der Waals surface area contributed by atoms with Gasteiger partial charge in [0.25, 0.3) is 0 Å². The maximum Gasteiger partial charge on any atom is 0.331 e. The van der Waals surface area contributed by atoms with Gasteiger partial charge in [0, 0.05) is 12.3 Å². The number of thiol groups is 1. The quantitative estimate of drug-likeness (QED) is 0.00986. The van der Waals surface area contributed by atoms with E-state index in [9.17, 15) is 43.2 Å². The molecule has 29 heteroatoms. The number of nitrogens with two attached hydrogens (primary N) is 9. The average molecular weight is 982 g/mol. The van der Waals surface area contributed by atoms with Crippen LogP contribution in [0.3, 0.4) is 0 Å². The molecule has 24 N–H and O–H groups in total. The minimum absolute atomic E-state index is 0.0301. The summed E-state index contributed by atoms with van der Waals surface area (Å²) in [5, 5.41) is 43.6. The summed E-state index contributed by atoms with van der Waals surface area (Å²) in [7, 11) is 0. The van der Waals surface area contributed by atoms with Crippen LogP contribution in [0.25, 0.3) is 0 Å². The number of ether oxygens (including phenoxy) is 3. The molecular formula is C38H67N11O17S. The molecule has 0 aliphatic carbocycles. The highest BCUT2D eigenvalue weighted by Crippen LogP contribution is 2.14. The first kappa shape index (κ1) is 65.2. The molecule has 1 aliphatic heterocycles. The lowest BCUT2D eigenvalue weighted by Gasteiger charge is -2.16. The van der Waals surface area contributed by atoms with Gasteiger partial charge in [-0.25, -0.2) is 14.4 Å². The lowest BCUT2D eigenvalue weighted by atomic mass is 10.0. The second kappa shape index (κ2) is 37.1. The SMILES string of the molecule is CC[C@H](C)[C@H](N)C(=O)OC(=O)[C@@H](N)CS.NC(N)=NCCC[C@H](N)C(=O)OC[C@H](N)C(=O)Oc1ccc(C[C@H](N)C(=O)O)cc1.NCC(=O)O.N[C@@H](CC(=O)O)C(=O)O.O=C(O)[C@@H]1CCCN1. The highest BCUT2D eigenvalue weighted by molar-refractivity contribution is 7.80. The maximum atomic E-state index is 12.0. The number of carbonyl (C=O) groups excluding carboxylic acids is 4. The van der Waals surface area contributed by atoms with Gasteiger partial charge in [0.15, 0.2) is 5.96 Å². The van der Waals surface area contributed by atoms with Crippen LogP contribution in [0.2, 0.25) is 0 Å². The number of carboxylic acids is 5. The van der Waals surface area contributed by atoms with Crippen LogP contribution in [0.1, 0.15) is 57.9 Å². The third kappa shape index (κ3) is 34.0. The largest absolute Gasteiger partial charge is 0.481 e. The van der Waals surface area contributed by atoms with E-state index in [1.165, 1.54) is 12.1 Å². The third-order valence-corrected chi connectivity index (χ3v) is 8.76. The van der Waals surface area contributed by atoms with Crippen LogP contribution >= 0.6 is 12.6 Å². The normalized spacial score (nSPS) is 15.4. The first-order chi connectivity index (χ1) is 31.1. The number of carboxylic acid groups (broad SMARTS) is 5. The summed E-state index contributed by atoms with van der Waals surface area (Å²) < 4.78 is 14.6. The lowest BCUT2D eigenvalue weighted by molar-refractivity contribution is -0.162. The molecule has 8 atom stereocenters. The van der Waals surface area contributed by atoms with Gasteiger partial charge in [-0.1, -0.05) is 32.4 Å². The maximum absolute atomic E-state index is 12.0. The number of rotatable bonds is 22. The Morgan fingerprint density at radius 2 is 1.33 bits per heavy atom. The predicted octanol–water partition coefficient (Wildman–Crippen LogP) is -4.79. The minimum Gasteiger partial charge on any atom is -0.481 e. The highest BCUT2D eigenvalue weighted by atomic mass is 32.1. The molecule has 0 spiro atoms. The Morgan fingerprint density at radius 3 is 1.72 bits per heavy atom. The van der Waals surface area contributed by atoms with Crippen LogP contribution in [-0.2, 0) is 59.0 Å². The van der Waals surface area contributed by atoms with Crippen LogP contribution in [0.4, 0.5) is 0 Å². The number of nitrogens with one attached hydrogen (secondary N) is 1. The molecule has 28 nitrogen and oxygen atoms in total. The number of hydrogen-bond acceptors (Lipinski definition) is 22. The van der Waals surface area contributed by atoms with Gasteiger partial charge in [-0.3, -0.25) is 33.8 Å². The van der Waals surface area contributed by atoms with E-state index >= 15 is 0 Å². The van der Waals surface area contributed by atoms with E-state index in [0.717, 1.165) is 25.8 Å². The monoisotopic (exact) mass is 981 g/mol. The highest BCUT2D eigenvalue weighted by Gasteiger charge is 2.26. The van der Waals surface area contributed by atoms with Gasteiger partial charge < -0.3 is 96.7 Å². The molecule has 0 bridgehead atoms. The van der Waals surface area contributed by atoms with Gasteiger partial charge in [0.1, 0.15) is 54.6 Å². The Morgan fingerprint density at radius 1 is 0.776 bits per heavy atom. The molecule has 0 radical (unpaired) electrons. The van der Waals surface area contributed by atoms with E-state index in [1.54, 1.807) is 12.1 Å². The molecular weight excluding hydrogens is 915 g/mol. The second-order valence-corrected chi connectivity index (χ2v) is 14.4. The molecule has 1 aromatic rings. The summed E-state index contributed by atoms with van der Waals surface area (Å²) in [6, 6.07) is -0.240. The molecule has 2 rings (SSSR count). The second-order valence-electron chi connectivity index (χ2n) is 14.1. The molecule has 1 fully saturated rings. The summed E-state index contributed by atoms with van der Waals surface area (Å²) in [5.41, 5.74) is 48.2. The Labute approximate surface area is 391 Å². The number of aliphatic imine (C=N–C) groups is 1. The number of hydrogen-bond donors (Lipinski definition) is 16. The van der Waals surface area contributed by atoms with Crippen LogP contribution in [-0.4, -0.2) is 160 Å². The standard InChI is InChI=1S/C18H28N6O6.C9H18N2O3S.C5H9NO2.C4H7NO4.C2H5NO2/c19-12(2-1-7-24-18(22)23)16(27)29-9-14(21)17(28)30-11-5-3-10(4-6-11)8-13(20)15(25)26;1-3-5(2)7(11)9(13)14-8(12)6(10)4-15;7-5(8)4-2-1-3-6-4;5-2(4(8)9)1-3(6)7;3-1-2(4)5/h3-6,12-14H,1-2,7-9,19-21H2,(H,25,26)(H4,22,23,24);5-7,15H,3-4,10-11H2,1-2H3;4,6H,1-3H2,(H,7,8);2H,1,5H2,(H,6,7)(H,8,9);1,3H2,(H,4,5)/t12-,13-,14-;5-,6-,7-;4-;2-;/m0000./s1. The van der Waals surface area contributed by atoms with Crippen LogP contribution in [0.15, 0.2) is 29.3 Å². The summed E-state index contributed by atoms with van der Waals surface area (Å²) in [6.07, 6.45) is 2.90. The molecule has 0 unspecified atom stereocenters. The van der Waals surface area contributed by atoms with E-state index in [0.29, 0.717) is 24.9 Å². The summed E-state index contributed by atoms with van der Waals surface area (Å²) in [4.78, 5) is 99.8. The van der Waals surface area contributed by atoms with Crippen molar-refractivity contribution in [2.45, 2.75) is 101 Å². The zero-order chi connectivity index (χ0) is 52.4. The Bertz CT molecular complexity index is 1730. The van der Waals surface area contributed by atoms with Crippen molar-refractivity contribution in [3.63, 3.8) is 0 Å². The molecule has 1 aliphatic rings. The van der Waals surface area contributed by atoms with Gasteiger partial charge in [0.2, 0.25) is 0 Å². The van der Waals surface area contributed by atoms with Crippen molar-refractivity contribution < 1.29 is 82.9 Å². The summed E-state index contributed by atoms with van der Waals surface area (Å²) >= 11 is 3.82. The number of carbonyl (C=O) groups is 9. The fourth-order valence-electron chi connectivity index (χ4n) is 4.19. The smallest absolute Gasteiger partial charge is 0.331 e. The van der Waals surface area contributed by atoms with Crippen molar-refractivity contribution in [1.29, 1.82) is 0 Å². The van der Waals surface area contributed by atoms with Crippen molar-refractivity contribution >= 4 is 72.3 Å². The van der Waals surface area contributed by atoms with E-state index in [4.69, 9.17) is 80.9 Å². The molecule has 382 valence electrons. The van der Waals surface area contributed by atoms with Crippen molar-refractivity contribution in [3.05, 3.63) is 29.8 Å². The average Bonchev–Trinajstić information content (AvgIpc) is 3.83. The van der Waals surface area contributed by atoms with Crippen molar-refractivity contribution in [1.82, 2.24) is 5.32 Å². The Balaban J connectivity index is -0.000000908. The zero-order valence-corrected chi connectivity index (χ0v) is 38.0.